The first-order valence-corrected chi connectivity index (χ1v) is 8.05. The van der Waals surface area contributed by atoms with Crippen molar-refractivity contribution in [3.8, 4) is 0 Å². The highest BCUT2D eigenvalue weighted by Crippen LogP contribution is 2.23. The van der Waals surface area contributed by atoms with E-state index in [1.807, 2.05) is 6.20 Å². The molecule has 0 aliphatic carbocycles. The van der Waals surface area contributed by atoms with Gasteiger partial charge in [-0.2, -0.15) is 11.8 Å². The van der Waals surface area contributed by atoms with Crippen molar-refractivity contribution < 1.29 is 0 Å². The number of nitrogens with zero attached hydrogens (tertiary/aromatic N) is 1. The second-order valence-corrected chi connectivity index (χ2v) is 6.02. The summed E-state index contributed by atoms with van der Waals surface area (Å²) in [6.07, 6.45) is 5.70. The maximum Gasteiger partial charge on any atom is 0.127 e. The lowest BCUT2D eigenvalue weighted by Gasteiger charge is -2.22. The third-order valence-electron chi connectivity index (χ3n) is 3.25. The second-order valence-electron chi connectivity index (χ2n) is 4.79. The minimum absolute atomic E-state index is 0.839. The zero-order valence-electron chi connectivity index (χ0n) is 11.1. The van der Waals surface area contributed by atoms with Crippen LogP contribution in [0, 0.1) is 5.92 Å². The Balaban J connectivity index is 1.80. The lowest BCUT2D eigenvalue weighted by Crippen LogP contribution is -2.19. The number of rotatable bonds is 6. The summed E-state index contributed by atoms with van der Waals surface area (Å²) < 4.78 is 0. The molecule has 0 spiro atoms. The van der Waals surface area contributed by atoms with Crippen LogP contribution in [0.4, 0.5) is 11.5 Å². The molecular weight excluding hydrogens is 242 g/mol. The molecule has 0 bridgehead atoms. The van der Waals surface area contributed by atoms with Crippen LogP contribution in [0.3, 0.4) is 0 Å². The van der Waals surface area contributed by atoms with Crippen molar-refractivity contribution in [2.75, 3.05) is 35.2 Å². The lowest BCUT2D eigenvalue weighted by molar-refractivity contribution is 0.516. The number of thioether (sulfide) groups is 1. The van der Waals surface area contributed by atoms with Gasteiger partial charge >= 0.3 is 0 Å². The Kier molecular flexibility index (Phi) is 5.65. The molecule has 1 aromatic heterocycles. The molecule has 0 atom stereocenters. The Morgan fingerprint density at radius 3 is 2.94 bits per heavy atom. The van der Waals surface area contributed by atoms with Crippen LogP contribution >= 0.6 is 11.8 Å². The molecular formula is C14H23N3S. The van der Waals surface area contributed by atoms with Crippen molar-refractivity contribution in [2.45, 2.75) is 26.2 Å². The van der Waals surface area contributed by atoms with E-state index in [0.717, 1.165) is 31.2 Å². The fourth-order valence-corrected chi connectivity index (χ4v) is 3.31. The average molecular weight is 265 g/mol. The monoisotopic (exact) mass is 265 g/mol. The maximum absolute atomic E-state index is 4.32. The van der Waals surface area contributed by atoms with Gasteiger partial charge in [0.1, 0.15) is 5.82 Å². The van der Waals surface area contributed by atoms with Crippen LogP contribution in [-0.4, -0.2) is 29.6 Å². The number of aromatic nitrogens is 1. The summed E-state index contributed by atoms with van der Waals surface area (Å²) in [5.74, 6) is 4.46. The Morgan fingerprint density at radius 1 is 1.33 bits per heavy atom. The number of nitrogens with one attached hydrogen (secondary N) is 2. The van der Waals surface area contributed by atoms with Crippen molar-refractivity contribution in [1.82, 2.24) is 4.98 Å². The van der Waals surface area contributed by atoms with Crippen molar-refractivity contribution >= 4 is 23.3 Å². The summed E-state index contributed by atoms with van der Waals surface area (Å²) in [5.41, 5.74) is 1.18. The molecule has 0 aromatic carbocycles. The molecule has 1 aromatic rings. The van der Waals surface area contributed by atoms with Crippen LogP contribution in [0.5, 0.6) is 0 Å². The first kappa shape index (κ1) is 13.5. The van der Waals surface area contributed by atoms with E-state index in [9.17, 15) is 0 Å². The molecule has 2 heterocycles. The predicted octanol–water partition coefficient (Wildman–Crippen LogP) is 3.46. The molecule has 0 radical (unpaired) electrons. The zero-order valence-corrected chi connectivity index (χ0v) is 11.9. The topological polar surface area (TPSA) is 37.0 Å². The van der Waals surface area contributed by atoms with E-state index in [2.05, 4.69) is 46.4 Å². The van der Waals surface area contributed by atoms with E-state index in [-0.39, 0.29) is 0 Å². The highest BCUT2D eigenvalue weighted by Gasteiger charge is 2.13. The van der Waals surface area contributed by atoms with Gasteiger partial charge in [-0.1, -0.05) is 6.92 Å². The van der Waals surface area contributed by atoms with Crippen LogP contribution in [0.15, 0.2) is 18.3 Å². The van der Waals surface area contributed by atoms with Gasteiger partial charge < -0.3 is 10.6 Å². The normalized spacial score (nSPS) is 16.5. The molecule has 2 rings (SSSR count). The zero-order chi connectivity index (χ0) is 12.6. The molecule has 0 saturated carbocycles. The quantitative estimate of drug-likeness (QED) is 0.826. The van der Waals surface area contributed by atoms with Crippen LogP contribution in [0.2, 0.25) is 0 Å². The lowest BCUT2D eigenvalue weighted by atomic mass is 10.0. The fourth-order valence-electron chi connectivity index (χ4n) is 2.10. The minimum Gasteiger partial charge on any atom is -0.385 e. The van der Waals surface area contributed by atoms with Gasteiger partial charge in [0.25, 0.3) is 0 Å². The largest absolute Gasteiger partial charge is 0.385 e. The standard InChI is InChI=1S/C14H23N3S/c1-2-6-15-14-10-13(3-7-16-14)17-11-12-4-8-18-9-5-12/h3,7,10,12H,2,4-6,8-9,11H2,1H3,(H2,15,16,17). The molecule has 1 saturated heterocycles. The van der Waals surface area contributed by atoms with Gasteiger partial charge in [0.2, 0.25) is 0 Å². The van der Waals surface area contributed by atoms with Crippen LogP contribution < -0.4 is 10.6 Å². The molecule has 3 nitrogen and oxygen atoms in total. The van der Waals surface area contributed by atoms with Gasteiger partial charge in [0.05, 0.1) is 0 Å². The summed E-state index contributed by atoms with van der Waals surface area (Å²) in [7, 11) is 0. The minimum atomic E-state index is 0.839. The Hall–Kier alpha value is -0.900. The van der Waals surface area contributed by atoms with E-state index < -0.39 is 0 Å². The van der Waals surface area contributed by atoms with Crippen LogP contribution in [0.25, 0.3) is 0 Å². The van der Waals surface area contributed by atoms with Gasteiger partial charge in [-0.3, -0.25) is 0 Å². The van der Waals surface area contributed by atoms with Crippen molar-refractivity contribution in [1.29, 1.82) is 0 Å². The third-order valence-corrected chi connectivity index (χ3v) is 4.30. The summed E-state index contributed by atoms with van der Waals surface area (Å²) in [6.45, 7) is 4.24. The molecule has 0 unspecified atom stereocenters. The van der Waals surface area contributed by atoms with Crippen molar-refractivity contribution in [3.63, 3.8) is 0 Å². The molecule has 18 heavy (non-hydrogen) atoms. The van der Waals surface area contributed by atoms with Gasteiger partial charge in [0.15, 0.2) is 0 Å². The molecule has 0 amide bonds. The Bertz CT molecular complexity index is 351. The molecule has 100 valence electrons. The molecule has 1 aliphatic rings. The van der Waals surface area contributed by atoms with Gasteiger partial charge in [0, 0.05) is 31.0 Å². The number of anilines is 2. The number of pyridine rings is 1. The van der Waals surface area contributed by atoms with Crippen LogP contribution in [-0.2, 0) is 0 Å². The van der Waals surface area contributed by atoms with Crippen LogP contribution in [0.1, 0.15) is 26.2 Å². The summed E-state index contributed by atoms with van der Waals surface area (Å²) in [4.78, 5) is 4.32. The van der Waals surface area contributed by atoms with Gasteiger partial charge in [-0.25, -0.2) is 4.98 Å². The molecule has 4 heteroatoms. The maximum atomic E-state index is 4.32. The smallest absolute Gasteiger partial charge is 0.127 e. The first-order valence-electron chi connectivity index (χ1n) is 6.90. The highest BCUT2D eigenvalue weighted by atomic mass is 32.2. The first-order chi connectivity index (χ1) is 8.88. The van der Waals surface area contributed by atoms with E-state index in [1.54, 1.807) is 0 Å². The van der Waals surface area contributed by atoms with Gasteiger partial charge in [-0.15, -0.1) is 0 Å². The molecule has 2 N–H and O–H groups in total. The molecule has 1 fully saturated rings. The van der Waals surface area contributed by atoms with Gasteiger partial charge in [-0.05, 0) is 42.8 Å². The third kappa shape index (κ3) is 4.41. The van der Waals surface area contributed by atoms with E-state index in [0.29, 0.717) is 0 Å². The summed E-state index contributed by atoms with van der Waals surface area (Å²) >= 11 is 2.08. The fraction of sp³-hybridized carbons (Fsp3) is 0.643. The Morgan fingerprint density at radius 2 is 2.17 bits per heavy atom. The number of hydrogen-bond acceptors (Lipinski definition) is 4. The second kappa shape index (κ2) is 7.52. The highest BCUT2D eigenvalue weighted by molar-refractivity contribution is 7.99. The van der Waals surface area contributed by atoms with Crippen molar-refractivity contribution in [3.05, 3.63) is 18.3 Å². The summed E-state index contributed by atoms with van der Waals surface area (Å²) in [5, 5.41) is 6.86. The van der Waals surface area contributed by atoms with Crippen molar-refractivity contribution in [2.24, 2.45) is 5.92 Å². The molecule has 1 aliphatic heterocycles. The van der Waals surface area contributed by atoms with E-state index >= 15 is 0 Å². The van der Waals surface area contributed by atoms with E-state index in [1.165, 1.54) is 30.0 Å². The number of hydrogen-bond donors (Lipinski definition) is 2. The SMILES string of the molecule is CCCNc1cc(NCC2CCSCC2)ccn1. The predicted molar refractivity (Wildman–Crippen MR) is 81.6 cm³/mol. The van der Waals surface area contributed by atoms with E-state index in [4.69, 9.17) is 0 Å². The average Bonchev–Trinajstić information content (AvgIpc) is 2.44. The Labute approximate surface area is 114 Å². The summed E-state index contributed by atoms with van der Waals surface area (Å²) in [6, 6.07) is 4.15.